The standard InChI is InChI=1S/C20H28N4O2/c1-15(2)23-12-10-16(11-13-23)22(3)20(25)19-18(26-4)14-24(21-19)17-8-6-5-7-9-17/h5-9,14-16H,10-13H2,1-4H3. The van der Waals surface area contributed by atoms with Crippen LogP contribution in [0.1, 0.15) is 37.2 Å². The van der Waals surface area contributed by atoms with Crippen molar-refractivity contribution < 1.29 is 9.53 Å². The molecule has 1 aromatic heterocycles. The molecule has 1 fully saturated rings. The fourth-order valence-corrected chi connectivity index (χ4v) is 3.49. The molecule has 26 heavy (non-hydrogen) atoms. The van der Waals surface area contributed by atoms with E-state index in [1.54, 1.807) is 18.0 Å². The SMILES string of the molecule is COc1cn(-c2ccccc2)nc1C(=O)N(C)C1CCN(C(C)C)CC1. The van der Waals surface area contributed by atoms with Gasteiger partial charge in [-0.05, 0) is 38.8 Å². The van der Waals surface area contributed by atoms with Gasteiger partial charge in [0.15, 0.2) is 11.4 Å². The molecule has 0 saturated carbocycles. The molecule has 6 heteroatoms. The largest absolute Gasteiger partial charge is 0.493 e. The zero-order valence-electron chi connectivity index (χ0n) is 16.1. The van der Waals surface area contributed by atoms with E-state index in [9.17, 15) is 4.79 Å². The summed E-state index contributed by atoms with van der Waals surface area (Å²) in [5, 5.41) is 4.50. The summed E-state index contributed by atoms with van der Waals surface area (Å²) in [6.07, 6.45) is 3.74. The Morgan fingerprint density at radius 1 is 1.23 bits per heavy atom. The Balaban J connectivity index is 1.76. The highest BCUT2D eigenvalue weighted by atomic mass is 16.5. The normalized spacial score (nSPS) is 16.0. The lowest BCUT2D eigenvalue weighted by Gasteiger charge is -2.38. The molecule has 1 aliphatic rings. The smallest absolute Gasteiger partial charge is 0.278 e. The van der Waals surface area contributed by atoms with Crippen molar-refractivity contribution in [3.63, 3.8) is 0 Å². The van der Waals surface area contributed by atoms with Crippen molar-refractivity contribution in [1.29, 1.82) is 0 Å². The molecule has 0 unspecified atom stereocenters. The molecule has 1 aromatic carbocycles. The first-order valence-electron chi connectivity index (χ1n) is 9.21. The van der Waals surface area contributed by atoms with Crippen molar-refractivity contribution in [2.75, 3.05) is 27.2 Å². The second-order valence-corrected chi connectivity index (χ2v) is 7.10. The van der Waals surface area contributed by atoms with Gasteiger partial charge in [-0.1, -0.05) is 18.2 Å². The zero-order valence-corrected chi connectivity index (χ0v) is 16.1. The van der Waals surface area contributed by atoms with E-state index in [0.717, 1.165) is 31.6 Å². The number of nitrogens with zero attached hydrogens (tertiary/aromatic N) is 4. The van der Waals surface area contributed by atoms with Gasteiger partial charge in [0, 0.05) is 32.2 Å². The first-order valence-corrected chi connectivity index (χ1v) is 9.21. The molecule has 2 aromatic rings. The number of hydrogen-bond donors (Lipinski definition) is 0. The van der Waals surface area contributed by atoms with Crippen molar-refractivity contribution in [2.24, 2.45) is 0 Å². The van der Waals surface area contributed by atoms with E-state index in [1.807, 2.05) is 42.3 Å². The average molecular weight is 356 g/mol. The van der Waals surface area contributed by atoms with Gasteiger partial charge in [-0.3, -0.25) is 4.79 Å². The minimum atomic E-state index is -0.0838. The second-order valence-electron chi connectivity index (χ2n) is 7.10. The van der Waals surface area contributed by atoms with E-state index in [2.05, 4.69) is 23.8 Å². The molecule has 0 N–H and O–H groups in total. The van der Waals surface area contributed by atoms with Crippen LogP contribution in [-0.4, -0.2) is 64.8 Å². The Bertz CT molecular complexity index is 734. The van der Waals surface area contributed by atoms with Gasteiger partial charge in [-0.25, -0.2) is 4.68 Å². The Kier molecular flexibility index (Phi) is 5.61. The molecule has 0 radical (unpaired) electrons. The summed E-state index contributed by atoms with van der Waals surface area (Å²) in [6.45, 7) is 6.48. The van der Waals surface area contributed by atoms with Crippen LogP contribution < -0.4 is 4.74 Å². The molecule has 6 nitrogen and oxygen atoms in total. The molecular formula is C20H28N4O2. The van der Waals surface area contributed by atoms with Crippen molar-refractivity contribution >= 4 is 5.91 Å². The van der Waals surface area contributed by atoms with Crippen LogP contribution in [0.4, 0.5) is 0 Å². The Morgan fingerprint density at radius 2 is 1.88 bits per heavy atom. The van der Waals surface area contributed by atoms with Crippen molar-refractivity contribution in [2.45, 2.75) is 38.8 Å². The summed E-state index contributed by atoms with van der Waals surface area (Å²) < 4.78 is 7.11. The van der Waals surface area contributed by atoms with E-state index >= 15 is 0 Å². The summed E-state index contributed by atoms with van der Waals surface area (Å²) in [7, 11) is 3.45. The third-order valence-corrected chi connectivity index (χ3v) is 5.22. The van der Waals surface area contributed by atoms with Gasteiger partial charge in [-0.2, -0.15) is 5.10 Å². The van der Waals surface area contributed by atoms with Crippen LogP contribution in [-0.2, 0) is 0 Å². The van der Waals surface area contributed by atoms with Crippen LogP contribution in [0.15, 0.2) is 36.5 Å². The van der Waals surface area contributed by atoms with Crippen molar-refractivity contribution in [3.05, 3.63) is 42.2 Å². The molecule has 0 atom stereocenters. The average Bonchev–Trinajstić information content (AvgIpc) is 3.12. The molecule has 2 heterocycles. The van der Waals surface area contributed by atoms with E-state index in [0.29, 0.717) is 17.5 Å². The quantitative estimate of drug-likeness (QED) is 0.827. The number of hydrogen-bond acceptors (Lipinski definition) is 4. The summed E-state index contributed by atoms with van der Waals surface area (Å²) in [5.41, 5.74) is 1.27. The third-order valence-electron chi connectivity index (χ3n) is 5.22. The number of rotatable bonds is 5. The maximum absolute atomic E-state index is 13.0. The van der Waals surface area contributed by atoms with Crippen molar-refractivity contribution in [1.82, 2.24) is 19.6 Å². The van der Waals surface area contributed by atoms with Gasteiger partial charge < -0.3 is 14.5 Å². The highest BCUT2D eigenvalue weighted by Gasteiger charge is 2.29. The number of methoxy groups -OCH3 is 1. The second kappa shape index (κ2) is 7.91. The predicted molar refractivity (Wildman–Crippen MR) is 102 cm³/mol. The Hall–Kier alpha value is -2.34. The Labute approximate surface area is 155 Å². The Morgan fingerprint density at radius 3 is 2.46 bits per heavy atom. The van der Waals surface area contributed by atoms with Crippen LogP contribution >= 0.6 is 0 Å². The minimum absolute atomic E-state index is 0.0838. The van der Waals surface area contributed by atoms with Gasteiger partial charge in [0.1, 0.15) is 0 Å². The third kappa shape index (κ3) is 3.75. The lowest BCUT2D eigenvalue weighted by atomic mass is 10.0. The summed E-state index contributed by atoms with van der Waals surface area (Å²) in [5.74, 6) is 0.421. The number of carbonyl (C=O) groups excluding carboxylic acids is 1. The molecule has 0 spiro atoms. The van der Waals surface area contributed by atoms with Gasteiger partial charge in [0.25, 0.3) is 5.91 Å². The number of aromatic nitrogens is 2. The van der Waals surface area contributed by atoms with Crippen LogP contribution in [0.5, 0.6) is 5.75 Å². The van der Waals surface area contributed by atoms with E-state index in [1.165, 1.54) is 0 Å². The molecule has 1 aliphatic heterocycles. The zero-order chi connectivity index (χ0) is 18.7. The number of likely N-dealkylation sites (tertiary alicyclic amines) is 1. The maximum atomic E-state index is 13.0. The fraction of sp³-hybridized carbons (Fsp3) is 0.500. The highest BCUT2D eigenvalue weighted by molar-refractivity contribution is 5.95. The van der Waals surface area contributed by atoms with Gasteiger partial charge in [0.2, 0.25) is 0 Å². The van der Waals surface area contributed by atoms with Gasteiger partial charge in [-0.15, -0.1) is 0 Å². The molecule has 1 amide bonds. The van der Waals surface area contributed by atoms with Crippen molar-refractivity contribution in [3.8, 4) is 11.4 Å². The summed E-state index contributed by atoms with van der Waals surface area (Å²) >= 11 is 0. The molecule has 0 bridgehead atoms. The van der Waals surface area contributed by atoms with Crippen LogP contribution in [0, 0.1) is 0 Å². The molecular weight excluding hydrogens is 328 g/mol. The lowest BCUT2D eigenvalue weighted by molar-refractivity contribution is 0.0606. The topological polar surface area (TPSA) is 50.6 Å². The van der Waals surface area contributed by atoms with E-state index in [4.69, 9.17) is 4.74 Å². The molecule has 0 aliphatic carbocycles. The fourth-order valence-electron chi connectivity index (χ4n) is 3.49. The van der Waals surface area contributed by atoms with Crippen LogP contribution in [0.25, 0.3) is 5.69 Å². The minimum Gasteiger partial charge on any atom is -0.493 e. The van der Waals surface area contributed by atoms with Crippen LogP contribution in [0.3, 0.4) is 0 Å². The monoisotopic (exact) mass is 356 g/mol. The summed E-state index contributed by atoms with van der Waals surface area (Å²) in [4.78, 5) is 17.3. The molecule has 3 rings (SSSR count). The highest BCUT2D eigenvalue weighted by Crippen LogP contribution is 2.24. The number of amides is 1. The first kappa shape index (κ1) is 18.5. The number of carbonyl (C=O) groups is 1. The molecule has 1 saturated heterocycles. The number of benzene rings is 1. The van der Waals surface area contributed by atoms with E-state index in [-0.39, 0.29) is 11.9 Å². The van der Waals surface area contributed by atoms with E-state index < -0.39 is 0 Å². The molecule has 140 valence electrons. The van der Waals surface area contributed by atoms with Gasteiger partial charge >= 0.3 is 0 Å². The van der Waals surface area contributed by atoms with Gasteiger partial charge in [0.05, 0.1) is 19.0 Å². The number of ether oxygens (including phenoxy) is 1. The lowest BCUT2D eigenvalue weighted by Crippen LogP contribution is -2.47. The predicted octanol–water partition coefficient (Wildman–Crippen LogP) is 2.83. The number of para-hydroxylation sites is 1. The number of piperidine rings is 1. The summed E-state index contributed by atoms with van der Waals surface area (Å²) in [6, 6.07) is 10.5. The maximum Gasteiger partial charge on any atom is 0.278 e. The van der Waals surface area contributed by atoms with Crippen LogP contribution in [0.2, 0.25) is 0 Å². The first-order chi connectivity index (χ1) is 12.5.